The molecule has 21 heavy (non-hydrogen) atoms. The zero-order valence-corrected chi connectivity index (χ0v) is 12.7. The van der Waals surface area contributed by atoms with Crippen molar-refractivity contribution in [1.29, 1.82) is 0 Å². The van der Waals surface area contributed by atoms with Gasteiger partial charge in [-0.05, 0) is 39.8 Å². The van der Waals surface area contributed by atoms with E-state index in [1.165, 1.54) is 0 Å². The third-order valence-electron chi connectivity index (χ3n) is 3.27. The molecule has 0 aliphatic carbocycles. The van der Waals surface area contributed by atoms with Crippen LogP contribution in [0.25, 0.3) is 10.9 Å². The lowest BCUT2D eigenvalue weighted by Crippen LogP contribution is -2.43. The average Bonchev–Trinajstić information content (AvgIpc) is 2.79. The van der Waals surface area contributed by atoms with E-state index in [0.29, 0.717) is 5.52 Å². The number of nitrogens with one attached hydrogen (secondary N) is 1. The Kier molecular flexibility index (Phi) is 3.77. The van der Waals surface area contributed by atoms with E-state index in [1.807, 2.05) is 32.9 Å². The van der Waals surface area contributed by atoms with E-state index in [2.05, 4.69) is 5.32 Å². The predicted molar refractivity (Wildman–Crippen MR) is 81.5 cm³/mol. The van der Waals surface area contributed by atoms with Gasteiger partial charge < -0.3 is 15.0 Å². The molecule has 0 radical (unpaired) electrons. The summed E-state index contributed by atoms with van der Waals surface area (Å²) in [5.74, 6) is -1.14. The van der Waals surface area contributed by atoms with Crippen LogP contribution in [-0.2, 0) is 4.79 Å². The SMILES string of the molecule is CC(C(=O)NC(C)(C)C)n1ccc2cccc(C(=O)O)c21. The van der Waals surface area contributed by atoms with Gasteiger partial charge in [-0.25, -0.2) is 4.79 Å². The summed E-state index contributed by atoms with van der Waals surface area (Å²) in [4.78, 5) is 23.7. The highest BCUT2D eigenvalue weighted by molar-refractivity contribution is 6.03. The summed E-state index contributed by atoms with van der Waals surface area (Å²) < 4.78 is 1.71. The minimum absolute atomic E-state index is 0.139. The van der Waals surface area contributed by atoms with Crippen molar-refractivity contribution in [2.75, 3.05) is 0 Å². The van der Waals surface area contributed by atoms with Crippen LogP contribution in [0.2, 0.25) is 0 Å². The van der Waals surface area contributed by atoms with Crippen molar-refractivity contribution in [3.05, 3.63) is 36.0 Å². The molecule has 1 aromatic carbocycles. The molecule has 0 spiro atoms. The molecule has 2 aromatic rings. The second-order valence-electron chi connectivity index (χ2n) is 6.19. The fourth-order valence-electron chi connectivity index (χ4n) is 2.31. The zero-order valence-electron chi connectivity index (χ0n) is 12.7. The first kappa shape index (κ1) is 15.1. The maximum Gasteiger partial charge on any atom is 0.337 e. The van der Waals surface area contributed by atoms with Crippen molar-refractivity contribution in [2.45, 2.75) is 39.3 Å². The van der Waals surface area contributed by atoms with Crippen LogP contribution >= 0.6 is 0 Å². The van der Waals surface area contributed by atoms with E-state index in [9.17, 15) is 14.7 Å². The number of benzene rings is 1. The van der Waals surface area contributed by atoms with Crippen LogP contribution in [0, 0.1) is 0 Å². The van der Waals surface area contributed by atoms with Crippen molar-refractivity contribution >= 4 is 22.8 Å². The first-order chi connectivity index (χ1) is 9.70. The summed E-state index contributed by atoms with van der Waals surface area (Å²) in [5, 5.41) is 13.0. The van der Waals surface area contributed by atoms with Crippen molar-refractivity contribution in [3.63, 3.8) is 0 Å². The van der Waals surface area contributed by atoms with Crippen LogP contribution in [0.3, 0.4) is 0 Å². The largest absolute Gasteiger partial charge is 0.478 e. The lowest BCUT2D eigenvalue weighted by molar-refractivity contribution is -0.125. The number of nitrogens with zero attached hydrogens (tertiary/aromatic N) is 1. The summed E-state index contributed by atoms with van der Waals surface area (Å²) in [6, 6.07) is 6.43. The fraction of sp³-hybridized carbons (Fsp3) is 0.375. The molecular formula is C16H20N2O3. The standard InChI is InChI=1S/C16H20N2O3/c1-10(14(19)17-16(2,3)4)18-9-8-11-6-5-7-12(13(11)18)15(20)21/h5-10H,1-4H3,(H,17,19)(H,20,21). The van der Waals surface area contributed by atoms with Crippen molar-refractivity contribution in [3.8, 4) is 0 Å². The van der Waals surface area contributed by atoms with Crippen LogP contribution in [0.5, 0.6) is 0 Å². The Morgan fingerprint density at radius 3 is 2.48 bits per heavy atom. The number of carbonyl (C=O) groups is 2. The van der Waals surface area contributed by atoms with Gasteiger partial charge in [-0.1, -0.05) is 12.1 Å². The molecule has 112 valence electrons. The van der Waals surface area contributed by atoms with Gasteiger partial charge in [0.25, 0.3) is 0 Å². The number of para-hydroxylation sites is 1. The first-order valence-electron chi connectivity index (χ1n) is 6.85. The van der Waals surface area contributed by atoms with Gasteiger partial charge in [0, 0.05) is 17.1 Å². The number of aromatic carboxylic acids is 1. The van der Waals surface area contributed by atoms with Crippen LogP contribution in [0.1, 0.15) is 44.1 Å². The van der Waals surface area contributed by atoms with Gasteiger partial charge in [0.2, 0.25) is 5.91 Å². The maximum absolute atomic E-state index is 12.3. The molecular weight excluding hydrogens is 268 g/mol. The van der Waals surface area contributed by atoms with Gasteiger partial charge in [-0.2, -0.15) is 0 Å². The molecule has 5 nitrogen and oxygen atoms in total. The van der Waals surface area contributed by atoms with Crippen LogP contribution in [0.15, 0.2) is 30.5 Å². The Labute approximate surface area is 123 Å². The number of amides is 1. The number of hydrogen-bond acceptors (Lipinski definition) is 2. The summed E-state index contributed by atoms with van der Waals surface area (Å²) in [5.41, 5.74) is 0.443. The van der Waals surface area contributed by atoms with E-state index in [4.69, 9.17) is 0 Å². The molecule has 5 heteroatoms. The monoisotopic (exact) mass is 288 g/mol. The Bertz CT molecular complexity index is 695. The third kappa shape index (κ3) is 3.07. The Morgan fingerprint density at radius 1 is 1.24 bits per heavy atom. The molecule has 2 N–H and O–H groups in total. The topological polar surface area (TPSA) is 71.3 Å². The molecule has 1 unspecified atom stereocenters. The lowest BCUT2D eigenvalue weighted by atomic mass is 10.1. The number of hydrogen-bond donors (Lipinski definition) is 2. The highest BCUT2D eigenvalue weighted by Gasteiger charge is 2.23. The second-order valence-corrected chi connectivity index (χ2v) is 6.19. The van der Waals surface area contributed by atoms with Crippen molar-refractivity contribution in [2.24, 2.45) is 0 Å². The first-order valence-corrected chi connectivity index (χ1v) is 6.85. The smallest absolute Gasteiger partial charge is 0.337 e. The van der Waals surface area contributed by atoms with Gasteiger partial charge in [0.05, 0.1) is 11.1 Å². The second kappa shape index (κ2) is 5.24. The Morgan fingerprint density at radius 2 is 1.90 bits per heavy atom. The molecule has 0 bridgehead atoms. The summed E-state index contributed by atoms with van der Waals surface area (Å²) in [6.07, 6.45) is 1.75. The molecule has 1 amide bonds. The summed E-state index contributed by atoms with van der Waals surface area (Å²) in [7, 11) is 0. The Hall–Kier alpha value is -2.30. The number of fused-ring (bicyclic) bond motifs is 1. The van der Waals surface area contributed by atoms with Crippen molar-refractivity contribution in [1.82, 2.24) is 9.88 Å². The number of carboxylic acid groups (broad SMARTS) is 1. The molecule has 0 aliphatic rings. The number of rotatable bonds is 3. The van der Waals surface area contributed by atoms with Gasteiger partial charge in [0.15, 0.2) is 0 Å². The summed E-state index contributed by atoms with van der Waals surface area (Å²) >= 11 is 0. The van der Waals surface area contributed by atoms with Crippen LogP contribution < -0.4 is 5.32 Å². The third-order valence-corrected chi connectivity index (χ3v) is 3.27. The normalized spacial score (nSPS) is 13.1. The van der Waals surface area contributed by atoms with Gasteiger partial charge in [-0.3, -0.25) is 4.79 Å². The van der Waals surface area contributed by atoms with Gasteiger partial charge in [-0.15, -0.1) is 0 Å². The molecule has 0 aliphatic heterocycles. The molecule has 0 saturated carbocycles. The average molecular weight is 288 g/mol. The molecule has 1 heterocycles. The zero-order chi connectivity index (χ0) is 15.8. The minimum Gasteiger partial charge on any atom is -0.478 e. The van der Waals surface area contributed by atoms with Crippen LogP contribution in [0.4, 0.5) is 0 Å². The van der Waals surface area contributed by atoms with E-state index in [0.717, 1.165) is 5.39 Å². The molecule has 0 saturated heterocycles. The number of aromatic nitrogens is 1. The van der Waals surface area contributed by atoms with Gasteiger partial charge in [0.1, 0.15) is 6.04 Å². The summed E-state index contributed by atoms with van der Waals surface area (Å²) in [6.45, 7) is 7.50. The molecule has 1 atom stereocenters. The quantitative estimate of drug-likeness (QED) is 0.912. The van der Waals surface area contributed by atoms with Crippen molar-refractivity contribution < 1.29 is 14.7 Å². The van der Waals surface area contributed by atoms with E-state index < -0.39 is 12.0 Å². The van der Waals surface area contributed by atoms with E-state index in [-0.39, 0.29) is 17.0 Å². The molecule has 1 aromatic heterocycles. The van der Waals surface area contributed by atoms with E-state index in [1.54, 1.807) is 29.8 Å². The number of carboxylic acids is 1. The molecule has 2 rings (SSSR count). The fourth-order valence-corrected chi connectivity index (χ4v) is 2.31. The molecule has 0 fully saturated rings. The number of carbonyl (C=O) groups excluding carboxylic acids is 1. The van der Waals surface area contributed by atoms with Crippen LogP contribution in [-0.4, -0.2) is 27.1 Å². The highest BCUT2D eigenvalue weighted by Crippen LogP contribution is 2.24. The minimum atomic E-state index is -0.996. The lowest BCUT2D eigenvalue weighted by Gasteiger charge is -2.24. The predicted octanol–water partition coefficient (Wildman–Crippen LogP) is 2.82. The maximum atomic E-state index is 12.3. The highest BCUT2D eigenvalue weighted by atomic mass is 16.4. The van der Waals surface area contributed by atoms with E-state index >= 15 is 0 Å². The van der Waals surface area contributed by atoms with Gasteiger partial charge >= 0.3 is 5.97 Å². The Balaban J connectivity index is 2.47.